The highest BCUT2D eigenvalue weighted by Gasteiger charge is 2.16. The van der Waals surface area contributed by atoms with Gasteiger partial charge in [-0.3, -0.25) is 4.79 Å². The highest BCUT2D eigenvalue weighted by atomic mass is 32.2. The van der Waals surface area contributed by atoms with Crippen LogP contribution < -0.4 is 5.32 Å². The molecule has 1 N–H and O–H groups in total. The van der Waals surface area contributed by atoms with E-state index in [9.17, 15) is 4.79 Å². The highest BCUT2D eigenvalue weighted by Crippen LogP contribution is 2.19. The zero-order chi connectivity index (χ0) is 11.2. The van der Waals surface area contributed by atoms with Crippen LogP contribution >= 0.6 is 23.1 Å². The fourth-order valence-corrected chi connectivity index (χ4v) is 2.97. The van der Waals surface area contributed by atoms with Gasteiger partial charge in [0, 0.05) is 30.8 Å². The summed E-state index contributed by atoms with van der Waals surface area (Å²) >= 11 is 3.05. The van der Waals surface area contributed by atoms with Crippen molar-refractivity contribution in [2.45, 2.75) is 23.2 Å². The van der Waals surface area contributed by atoms with E-state index in [1.165, 1.54) is 11.8 Å². The van der Waals surface area contributed by atoms with E-state index in [0.717, 1.165) is 30.4 Å². The van der Waals surface area contributed by atoms with Gasteiger partial charge in [0.2, 0.25) is 5.91 Å². The number of rotatable bonds is 4. The molecule has 2 rings (SSSR count). The lowest BCUT2D eigenvalue weighted by atomic mass is 10.1. The number of aromatic nitrogens is 1. The first kappa shape index (κ1) is 11.9. The van der Waals surface area contributed by atoms with Crippen molar-refractivity contribution in [3.05, 3.63) is 11.6 Å². The number of nitrogens with one attached hydrogen (secondary N) is 1. The standard InChI is InChI=1S/C10H14N2O2S2/c13-9(7-16-10-11-3-6-15-10)12-8-1-4-14-5-2-8/h3,6,8H,1-2,4-5,7H2,(H,12,13). The molecule has 88 valence electrons. The van der Waals surface area contributed by atoms with Crippen molar-refractivity contribution in [1.82, 2.24) is 10.3 Å². The lowest BCUT2D eigenvalue weighted by Gasteiger charge is -2.22. The molecule has 1 amide bonds. The third-order valence-corrected chi connectivity index (χ3v) is 4.29. The van der Waals surface area contributed by atoms with Crippen molar-refractivity contribution >= 4 is 29.0 Å². The minimum atomic E-state index is 0.0899. The van der Waals surface area contributed by atoms with Crippen molar-refractivity contribution in [3.63, 3.8) is 0 Å². The summed E-state index contributed by atoms with van der Waals surface area (Å²) < 4.78 is 6.18. The van der Waals surface area contributed by atoms with Gasteiger partial charge in [-0.2, -0.15) is 0 Å². The van der Waals surface area contributed by atoms with Gasteiger partial charge in [-0.1, -0.05) is 11.8 Å². The summed E-state index contributed by atoms with van der Waals surface area (Å²) in [4.78, 5) is 15.7. The largest absolute Gasteiger partial charge is 0.381 e. The molecule has 2 heterocycles. The first-order chi connectivity index (χ1) is 7.84. The summed E-state index contributed by atoms with van der Waals surface area (Å²) in [6.07, 6.45) is 3.60. The normalized spacial score (nSPS) is 17.2. The van der Waals surface area contributed by atoms with Gasteiger partial charge in [0.05, 0.1) is 5.75 Å². The zero-order valence-electron chi connectivity index (χ0n) is 8.85. The summed E-state index contributed by atoms with van der Waals surface area (Å²) in [5.74, 6) is 0.539. The van der Waals surface area contributed by atoms with Crippen LogP contribution in [0, 0.1) is 0 Å². The Bertz CT molecular complexity index is 324. The molecular weight excluding hydrogens is 244 g/mol. The number of carbonyl (C=O) groups is 1. The van der Waals surface area contributed by atoms with Crippen molar-refractivity contribution in [2.75, 3.05) is 19.0 Å². The molecule has 1 aliphatic rings. The molecule has 0 bridgehead atoms. The zero-order valence-corrected chi connectivity index (χ0v) is 10.5. The van der Waals surface area contributed by atoms with Crippen LogP contribution in [0.3, 0.4) is 0 Å². The number of hydrogen-bond acceptors (Lipinski definition) is 5. The summed E-state index contributed by atoms with van der Waals surface area (Å²) in [5, 5.41) is 4.93. The van der Waals surface area contributed by atoms with Crippen LogP contribution in [0.15, 0.2) is 15.9 Å². The van der Waals surface area contributed by atoms with Gasteiger partial charge in [-0.05, 0) is 12.8 Å². The Morgan fingerprint density at radius 1 is 1.62 bits per heavy atom. The molecule has 6 heteroatoms. The Morgan fingerprint density at radius 3 is 3.12 bits per heavy atom. The van der Waals surface area contributed by atoms with E-state index in [1.807, 2.05) is 5.38 Å². The smallest absolute Gasteiger partial charge is 0.230 e. The second-order valence-corrected chi connectivity index (χ2v) is 5.66. The van der Waals surface area contributed by atoms with Crippen LogP contribution in [0.4, 0.5) is 0 Å². The number of ether oxygens (including phenoxy) is 1. The molecule has 0 radical (unpaired) electrons. The minimum Gasteiger partial charge on any atom is -0.381 e. The third kappa shape index (κ3) is 3.77. The molecule has 0 atom stereocenters. The Balaban J connectivity index is 1.67. The number of nitrogens with zero attached hydrogens (tertiary/aromatic N) is 1. The Labute approximate surface area is 103 Å². The summed E-state index contributed by atoms with van der Waals surface area (Å²) in [6, 6.07) is 0.290. The average Bonchev–Trinajstić information content (AvgIpc) is 2.81. The summed E-state index contributed by atoms with van der Waals surface area (Å²) in [6.45, 7) is 1.51. The lowest BCUT2D eigenvalue weighted by Crippen LogP contribution is -2.39. The average molecular weight is 258 g/mol. The maximum atomic E-state index is 11.6. The topological polar surface area (TPSA) is 51.2 Å². The van der Waals surface area contributed by atoms with E-state index in [0.29, 0.717) is 5.75 Å². The SMILES string of the molecule is O=C(CSc1nccs1)NC1CCOCC1. The summed E-state index contributed by atoms with van der Waals surface area (Å²) in [7, 11) is 0. The van der Waals surface area contributed by atoms with Crippen LogP contribution in [0.1, 0.15) is 12.8 Å². The van der Waals surface area contributed by atoms with Crippen LogP contribution in [0.2, 0.25) is 0 Å². The van der Waals surface area contributed by atoms with Crippen molar-refractivity contribution in [2.24, 2.45) is 0 Å². The van der Waals surface area contributed by atoms with Crippen LogP contribution in [0.5, 0.6) is 0 Å². The van der Waals surface area contributed by atoms with E-state index >= 15 is 0 Å². The molecule has 0 aliphatic carbocycles. The third-order valence-electron chi connectivity index (χ3n) is 2.32. The van der Waals surface area contributed by atoms with Gasteiger partial charge < -0.3 is 10.1 Å². The van der Waals surface area contributed by atoms with Crippen molar-refractivity contribution in [3.8, 4) is 0 Å². The molecule has 16 heavy (non-hydrogen) atoms. The van der Waals surface area contributed by atoms with E-state index in [2.05, 4.69) is 10.3 Å². The van der Waals surface area contributed by atoms with E-state index < -0.39 is 0 Å². The monoisotopic (exact) mass is 258 g/mol. The summed E-state index contributed by atoms with van der Waals surface area (Å²) in [5.41, 5.74) is 0. The maximum Gasteiger partial charge on any atom is 0.230 e. The minimum absolute atomic E-state index is 0.0899. The molecule has 0 aromatic carbocycles. The molecule has 1 aliphatic heterocycles. The predicted octanol–water partition coefficient (Wildman–Crippen LogP) is 1.53. The Kier molecular flexibility index (Phi) is 4.62. The molecule has 0 spiro atoms. The molecule has 0 unspecified atom stereocenters. The molecular formula is C10H14N2O2S2. The molecule has 1 aromatic heterocycles. The van der Waals surface area contributed by atoms with E-state index in [4.69, 9.17) is 4.74 Å². The van der Waals surface area contributed by atoms with Gasteiger partial charge in [-0.15, -0.1) is 11.3 Å². The van der Waals surface area contributed by atoms with Crippen molar-refractivity contribution in [1.29, 1.82) is 0 Å². The number of hydrogen-bond donors (Lipinski definition) is 1. The van der Waals surface area contributed by atoms with E-state index in [1.54, 1.807) is 17.5 Å². The Hall–Kier alpha value is -0.590. The maximum absolute atomic E-state index is 11.6. The van der Waals surface area contributed by atoms with Gasteiger partial charge in [-0.25, -0.2) is 4.98 Å². The van der Waals surface area contributed by atoms with Crippen LogP contribution in [-0.4, -0.2) is 35.9 Å². The van der Waals surface area contributed by atoms with Gasteiger partial charge in [0.1, 0.15) is 4.34 Å². The molecule has 4 nitrogen and oxygen atoms in total. The highest BCUT2D eigenvalue weighted by molar-refractivity contribution is 8.01. The number of thioether (sulfide) groups is 1. The molecule has 1 fully saturated rings. The predicted molar refractivity (Wildman–Crippen MR) is 64.8 cm³/mol. The van der Waals surface area contributed by atoms with Crippen LogP contribution in [-0.2, 0) is 9.53 Å². The van der Waals surface area contributed by atoms with Gasteiger partial charge in [0.25, 0.3) is 0 Å². The van der Waals surface area contributed by atoms with Crippen LogP contribution in [0.25, 0.3) is 0 Å². The van der Waals surface area contributed by atoms with Crippen molar-refractivity contribution < 1.29 is 9.53 Å². The van der Waals surface area contributed by atoms with Gasteiger partial charge >= 0.3 is 0 Å². The second-order valence-electron chi connectivity index (χ2n) is 3.54. The first-order valence-electron chi connectivity index (χ1n) is 5.24. The van der Waals surface area contributed by atoms with E-state index in [-0.39, 0.29) is 11.9 Å². The molecule has 1 saturated heterocycles. The number of carbonyl (C=O) groups excluding carboxylic acids is 1. The number of thiazole rings is 1. The first-order valence-corrected chi connectivity index (χ1v) is 7.10. The fraction of sp³-hybridized carbons (Fsp3) is 0.600. The second kappa shape index (κ2) is 6.22. The quantitative estimate of drug-likeness (QED) is 0.832. The lowest BCUT2D eigenvalue weighted by molar-refractivity contribution is -0.119. The molecule has 0 saturated carbocycles. The number of amides is 1. The molecule has 1 aromatic rings. The Morgan fingerprint density at radius 2 is 2.44 bits per heavy atom. The fourth-order valence-electron chi connectivity index (χ4n) is 1.52. The van der Waals surface area contributed by atoms with Gasteiger partial charge in [0.15, 0.2) is 0 Å².